The first kappa shape index (κ1) is 17.9. The van der Waals surface area contributed by atoms with Crippen molar-refractivity contribution in [3.63, 3.8) is 0 Å². The number of thioether (sulfide) groups is 1. The Balaban J connectivity index is 0.00000192. The molecule has 3 rings (SSSR count). The zero-order valence-corrected chi connectivity index (χ0v) is 14.5. The van der Waals surface area contributed by atoms with E-state index in [0.717, 1.165) is 24.3 Å². The van der Waals surface area contributed by atoms with Gasteiger partial charge in [-0.05, 0) is 36.2 Å². The molecule has 0 unspecified atom stereocenters. The average Bonchev–Trinajstić information content (AvgIpc) is 3.00. The average molecular weight is 349 g/mol. The van der Waals surface area contributed by atoms with Crippen LogP contribution in [0.3, 0.4) is 0 Å². The number of likely N-dealkylation sites (tertiary alicyclic amines) is 1. The van der Waals surface area contributed by atoms with E-state index in [4.69, 9.17) is 5.73 Å². The molecule has 1 aliphatic heterocycles. The van der Waals surface area contributed by atoms with Crippen molar-refractivity contribution >= 4 is 30.1 Å². The molecule has 2 aromatic rings. The third kappa shape index (κ3) is 4.74. The largest absolute Gasteiger partial charge is 0.337 e. The Hall–Kier alpha value is -1.49. The van der Waals surface area contributed by atoms with Gasteiger partial charge in [-0.2, -0.15) is 0 Å². The maximum atomic E-state index is 12.3. The van der Waals surface area contributed by atoms with Crippen LogP contribution in [0.15, 0.2) is 59.5 Å². The summed E-state index contributed by atoms with van der Waals surface area (Å²) in [5.41, 5.74) is 7.84. The Morgan fingerprint density at radius 3 is 2.43 bits per heavy atom. The van der Waals surface area contributed by atoms with Gasteiger partial charge in [-0.15, -0.1) is 24.2 Å². The Kier molecular flexibility index (Phi) is 6.51. The second kappa shape index (κ2) is 8.39. The van der Waals surface area contributed by atoms with E-state index in [0.29, 0.717) is 6.54 Å². The third-order valence-corrected chi connectivity index (χ3v) is 4.94. The van der Waals surface area contributed by atoms with E-state index >= 15 is 0 Å². The van der Waals surface area contributed by atoms with Gasteiger partial charge in [0.15, 0.2) is 0 Å². The highest BCUT2D eigenvalue weighted by Gasteiger charge is 2.24. The second-order valence-electron chi connectivity index (χ2n) is 5.60. The number of amides is 1. The van der Waals surface area contributed by atoms with Gasteiger partial charge in [0.2, 0.25) is 0 Å². The lowest BCUT2D eigenvalue weighted by atomic mass is 10.1. The Morgan fingerprint density at radius 2 is 1.83 bits per heavy atom. The first-order valence-corrected chi connectivity index (χ1v) is 8.52. The van der Waals surface area contributed by atoms with E-state index in [1.54, 1.807) is 11.8 Å². The predicted octanol–water partition coefficient (Wildman–Crippen LogP) is 3.57. The number of carbonyl (C=O) groups excluding carboxylic acids is 1. The summed E-state index contributed by atoms with van der Waals surface area (Å²) in [7, 11) is 0. The van der Waals surface area contributed by atoms with Gasteiger partial charge in [0.05, 0.1) is 0 Å². The molecule has 23 heavy (non-hydrogen) atoms. The number of rotatable bonds is 4. The predicted molar refractivity (Wildman–Crippen MR) is 98.2 cm³/mol. The van der Waals surface area contributed by atoms with Gasteiger partial charge in [0.25, 0.3) is 5.91 Å². The van der Waals surface area contributed by atoms with E-state index in [-0.39, 0.29) is 24.4 Å². The molecule has 1 saturated heterocycles. The molecule has 5 heteroatoms. The molecule has 3 nitrogen and oxygen atoms in total. The summed E-state index contributed by atoms with van der Waals surface area (Å²) in [4.78, 5) is 15.5. The van der Waals surface area contributed by atoms with Crippen LogP contribution in [0.5, 0.6) is 0 Å². The van der Waals surface area contributed by atoms with Crippen LogP contribution in [0.4, 0.5) is 0 Å². The summed E-state index contributed by atoms with van der Waals surface area (Å²) in [5.74, 6) is 1.00. The maximum absolute atomic E-state index is 12.3. The van der Waals surface area contributed by atoms with Crippen molar-refractivity contribution in [2.75, 3.05) is 13.1 Å². The van der Waals surface area contributed by atoms with Crippen molar-refractivity contribution in [3.05, 3.63) is 65.7 Å². The van der Waals surface area contributed by atoms with Gasteiger partial charge in [-0.25, -0.2) is 0 Å². The molecule has 1 aliphatic rings. The number of carbonyl (C=O) groups is 1. The zero-order chi connectivity index (χ0) is 15.4. The summed E-state index contributed by atoms with van der Waals surface area (Å²) < 4.78 is 0. The van der Waals surface area contributed by atoms with Crippen molar-refractivity contribution in [2.24, 2.45) is 5.73 Å². The van der Waals surface area contributed by atoms with Gasteiger partial charge in [0.1, 0.15) is 0 Å². The third-order valence-electron chi connectivity index (χ3n) is 3.86. The van der Waals surface area contributed by atoms with Crippen LogP contribution in [0.2, 0.25) is 0 Å². The van der Waals surface area contributed by atoms with Gasteiger partial charge in [0, 0.05) is 35.3 Å². The van der Waals surface area contributed by atoms with Crippen LogP contribution in [-0.2, 0) is 5.75 Å². The van der Waals surface area contributed by atoms with E-state index in [9.17, 15) is 4.79 Å². The number of benzene rings is 2. The van der Waals surface area contributed by atoms with Crippen molar-refractivity contribution in [1.82, 2.24) is 4.90 Å². The second-order valence-corrected chi connectivity index (χ2v) is 6.65. The maximum Gasteiger partial charge on any atom is 0.253 e. The minimum atomic E-state index is 0. The first-order chi connectivity index (χ1) is 10.7. The van der Waals surface area contributed by atoms with Crippen LogP contribution in [-0.4, -0.2) is 29.9 Å². The van der Waals surface area contributed by atoms with Crippen LogP contribution in [0.1, 0.15) is 22.3 Å². The number of hydrogen-bond donors (Lipinski definition) is 1. The van der Waals surface area contributed by atoms with Crippen molar-refractivity contribution in [2.45, 2.75) is 23.1 Å². The molecule has 1 amide bonds. The molecular weight excluding hydrogens is 328 g/mol. The molecule has 0 bridgehead atoms. The van der Waals surface area contributed by atoms with Crippen molar-refractivity contribution in [3.8, 4) is 0 Å². The molecule has 0 radical (unpaired) electrons. The molecule has 1 heterocycles. The smallest absolute Gasteiger partial charge is 0.253 e. The monoisotopic (exact) mass is 348 g/mol. The fourth-order valence-corrected chi connectivity index (χ4v) is 3.46. The van der Waals surface area contributed by atoms with Gasteiger partial charge in [-0.3, -0.25) is 4.79 Å². The summed E-state index contributed by atoms with van der Waals surface area (Å²) in [6.45, 7) is 1.44. The van der Waals surface area contributed by atoms with Gasteiger partial charge >= 0.3 is 0 Å². The summed E-state index contributed by atoms with van der Waals surface area (Å²) >= 11 is 1.80. The fourth-order valence-electron chi connectivity index (χ4n) is 2.58. The first-order valence-electron chi connectivity index (χ1n) is 7.54. The lowest BCUT2D eigenvalue weighted by Crippen LogP contribution is -2.31. The molecule has 0 saturated carbocycles. The van der Waals surface area contributed by atoms with E-state index in [1.165, 1.54) is 10.5 Å². The standard InChI is InChI=1S/C18H20N2OS.ClH/c19-16-10-11-20(12-16)18(21)15-8-6-14(7-9-15)13-22-17-4-2-1-3-5-17;/h1-9,16H,10-13,19H2;1H/t16-;/m1./s1. The van der Waals surface area contributed by atoms with E-state index in [2.05, 4.69) is 12.1 Å². The number of halogens is 1. The molecule has 2 N–H and O–H groups in total. The Labute approximate surface area is 147 Å². The molecule has 1 atom stereocenters. The highest BCUT2D eigenvalue weighted by molar-refractivity contribution is 7.98. The Morgan fingerprint density at radius 1 is 1.13 bits per heavy atom. The molecule has 1 fully saturated rings. The fraction of sp³-hybridized carbons (Fsp3) is 0.278. The molecule has 0 aromatic heterocycles. The quantitative estimate of drug-likeness (QED) is 0.859. The summed E-state index contributed by atoms with van der Waals surface area (Å²) in [6.07, 6.45) is 0.900. The highest BCUT2D eigenvalue weighted by atomic mass is 35.5. The molecule has 0 spiro atoms. The highest BCUT2D eigenvalue weighted by Crippen LogP contribution is 2.22. The van der Waals surface area contributed by atoms with E-state index in [1.807, 2.05) is 47.4 Å². The van der Waals surface area contributed by atoms with Crippen LogP contribution >= 0.6 is 24.2 Å². The topological polar surface area (TPSA) is 46.3 Å². The minimum absolute atomic E-state index is 0. The molecule has 0 aliphatic carbocycles. The van der Waals surface area contributed by atoms with Crippen LogP contribution in [0, 0.1) is 0 Å². The van der Waals surface area contributed by atoms with Gasteiger partial charge < -0.3 is 10.6 Å². The SMILES string of the molecule is Cl.N[C@@H]1CCN(C(=O)c2ccc(CSc3ccccc3)cc2)C1. The molecule has 122 valence electrons. The van der Waals surface area contributed by atoms with Crippen LogP contribution in [0.25, 0.3) is 0 Å². The lowest BCUT2D eigenvalue weighted by molar-refractivity contribution is 0.0791. The van der Waals surface area contributed by atoms with Crippen LogP contribution < -0.4 is 5.73 Å². The minimum Gasteiger partial charge on any atom is -0.337 e. The number of nitrogens with zero attached hydrogens (tertiary/aromatic N) is 1. The van der Waals surface area contributed by atoms with Gasteiger partial charge in [-0.1, -0.05) is 30.3 Å². The molecular formula is C18H21ClN2OS. The number of hydrogen-bond acceptors (Lipinski definition) is 3. The normalized spacial score (nSPS) is 16.9. The summed E-state index contributed by atoms with van der Waals surface area (Å²) in [5, 5.41) is 0. The number of nitrogens with two attached hydrogens (primary N) is 1. The lowest BCUT2D eigenvalue weighted by Gasteiger charge is -2.15. The molecule has 2 aromatic carbocycles. The van der Waals surface area contributed by atoms with E-state index < -0.39 is 0 Å². The summed E-state index contributed by atoms with van der Waals surface area (Å²) in [6, 6.07) is 18.4. The zero-order valence-electron chi connectivity index (χ0n) is 12.9. The van der Waals surface area contributed by atoms with Crippen molar-refractivity contribution < 1.29 is 4.79 Å². The Bertz CT molecular complexity index is 633. The van der Waals surface area contributed by atoms with Crippen molar-refractivity contribution in [1.29, 1.82) is 0 Å².